The summed E-state index contributed by atoms with van der Waals surface area (Å²) in [5, 5.41) is 12.4. The van der Waals surface area contributed by atoms with Gasteiger partial charge in [-0.2, -0.15) is 0 Å². The molecule has 0 bridgehead atoms. The first-order chi connectivity index (χ1) is 8.21. The number of hydrogen-bond donors (Lipinski definition) is 2. The SMILES string of the molecule is CCOc1ccc(Br)cc1CN[C@H](CC)CO. The Morgan fingerprint density at radius 1 is 1.41 bits per heavy atom. The summed E-state index contributed by atoms with van der Waals surface area (Å²) < 4.78 is 6.61. The Bertz CT molecular complexity index is 340. The van der Waals surface area contributed by atoms with Crippen LogP contribution in [0.1, 0.15) is 25.8 Å². The highest BCUT2D eigenvalue weighted by Gasteiger charge is 2.07. The molecular formula is C13H20BrNO2. The van der Waals surface area contributed by atoms with Crippen molar-refractivity contribution < 1.29 is 9.84 Å². The average molecular weight is 302 g/mol. The van der Waals surface area contributed by atoms with Crippen LogP contribution in [0.15, 0.2) is 22.7 Å². The van der Waals surface area contributed by atoms with Crippen molar-refractivity contribution in [2.45, 2.75) is 32.9 Å². The Morgan fingerprint density at radius 3 is 2.76 bits per heavy atom. The molecule has 0 amide bonds. The van der Waals surface area contributed by atoms with Crippen LogP contribution in [0, 0.1) is 0 Å². The second-order valence-electron chi connectivity index (χ2n) is 3.85. The minimum Gasteiger partial charge on any atom is -0.494 e. The summed E-state index contributed by atoms with van der Waals surface area (Å²) in [4.78, 5) is 0. The fourth-order valence-electron chi connectivity index (χ4n) is 1.57. The lowest BCUT2D eigenvalue weighted by Crippen LogP contribution is -2.31. The van der Waals surface area contributed by atoms with Crippen molar-refractivity contribution in [3.05, 3.63) is 28.2 Å². The Labute approximate surface area is 111 Å². The van der Waals surface area contributed by atoms with E-state index >= 15 is 0 Å². The Kier molecular flexibility index (Phi) is 6.55. The molecule has 0 aliphatic carbocycles. The van der Waals surface area contributed by atoms with Crippen LogP contribution in [0.5, 0.6) is 5.75 Å². The normalized spacial score (nSPS) is 12.5. The third kappa shape index (κ3) is 4.66. The molecule has 4 heteroatoms. The minimum absolute atomic E-state index is 0.142. The maximum absolute atomic E-state index is 9.13. The molecule has 1 atom stereocenters. The molecule has 0 saturated heterocycles. The first kappa shape index (κ1) is 14.5. The predicted octanol–water partition coefficient (Wildman–Crippen LogP) is 2.71. The Hall–Kier alpha value is -0.580. The number of aliphatic hydroxyl groups excluding tert-OH is 1. The highest BCUT2D eigenvalue weighted by Crippen LogP contribution is 2.23. The van der Waals surface area contributed by atoms with Crippen molar-refractivity contribution in [1.29, 1.82) is 0 Å². The summed E-state index contributed by atoms with van der Waals surface area (Å²) in [7, 11) is 0. The van der Waals surface area contributed by atoms with E-state index in [9.17, 15) is 0 Å². The van der Waals surface area contributed by atoms with Crippen molar-refractivity contribution in [3.8, 4) is 5.75 Å². The monoisotopic (exact) mass is 301 g/mol. The summed E-state index contributed by atoms with van der Waals surface area (Å²) >= 11 is 3.46. The van der Waals surface area contributed by atoms with E-state index in [1.54, 1.807) is 0 Å². The maximum atomic E-state index is 9.13. The van der Waals surface area contributed by atoms with E-state index in [1.165, 1.54) is 0 Å². The van der Waals surface area contributed by atoms with E-state index < -0.39 is 0 Å². The molecule has 0 aliphatic heterocycles. The van der Waals surface area contributed by atoms with Crippen molar-refractivity contribution in [1.82, 2.24) is 5.32 Å². The van der Waals surface area contributed by atoms with E-state index in [4.69, 9.17) is 9.84 Å². The highest BCUT2D eigenvalue weighted by atomic mass is 79.9. The summed E-state index contributed by atoms with van der Waals surface area (Å²) in [6.45, 7) is 5.55. The second kappa shape index (κ2) is 7.69. The molecule has 1 aromatic carbocycles. The number of nitrogens with one attached hydrogen (secondary N) is 1. The fraction of sp³-hybridized carbons (Fsp3) is 0.538. The van der Waals surface area contributed by atoms with Crippen LogP contribution < -0.4 is 10.1 Å². The number of hydrogen-bond acceptors (Lipinski definition) is 3. The van der Waals surface area contributed by atoms with Crippen molar-refractivity contribution in [2.75, 3.05) is 13.2 Å². The van der Waals surface area contributed by atoms with Gasteiger partial charge in [0.05, 0.1) is 13.2 Å². The van der Waals surface area contributed by atoms with E-state index in [2.05, 4.69) is 28.2 Å². The van der Waals surface area contributed by atoms with Gasteiger partial charge in [-0.15, -0.1) is 0 Å². The first-order valence-electron chi connectivity index (χ1n) is 5.96. The van der Waals surface area contributed by atoms with Crippen molar-refractivity contribution in [3.63, 3.8) is 0 Å². The molecule has 96 valence electrons. The maximum Gasteiger partial charge on any atom is 0.123 e. The van der Waals surface area contributed by atoms with Crippen LogP contribution in [-0.2, 0) is 6.54 Å². The third-order valence-corrected chi connectivity index (χ3v) is 3.11. The zero-order valence-electron chi connectivity index (χ0n) is 10.4. The van der Waals surface area contributed by atoms with Gasteiger partial charge in [0.1, 0.15) is 5.75 Å². The summed E-state index contributed by atoms with van der Waals surface area (Å²) in [5.41, 5.74) is 1.10. The van der Waals surface area contributed by atoms with Crippen LogP contribution in [0.2, 0.25) is 0 Å². The van der Waals surface area contributed by atoms with Gasteiger partial charge in [0.15, 0.2) is 0 Å². The molecule has 3 nitrogen and oxygen atoms in total. The van der Waals surface area contributed by atoms with Crippen LogP contribution >= 0.6 is 15.9 Å². The van der Waals surface area contributed by atoms with Crippen molar-refractivity contribution in [2.24, 2.45) is 0 Å². The summed E-state index contributed by atoms with van der Waals surface area (Å²) in [6.07, 6.45) is 0.911. The lowest BCUT2D eigenvalue weighted by Gasteiger charge is -2.16. The number of rotatable bonds is 7. The van der Waals surface area contributed by atoms with Gasteiger partial charge in [-0.3, -0.25) is 0 Å². The molecule has 1 rings (SSSR count). The fourth-order valence-corrected chi connectivity index (χ4v) is 1.98. The van der Waals surface area contributed by atoms with Gasteiger partial charge in [-0.25, -0.2) is 0 Å². The third-order valence-electron chi connectivity index (χ3n) is 2.62. The molecule has 0 unspecified atom stereocenters. The number of benzene rings is 1. The largest absolute Gasteiger partial charge is 0.494 e. The molecule has 0 spiro atoms. The zero-order chi connectivity index (χ0) is 12.7. The molecule has 0 aliphatic rings. The second-order valence-corrected chi connectivity index (χ2v) is 4.77. The number of aliphatic hydroxyl groups is 1. The van der Waals surface area contributed by atoms with E-state index in [0.29, 0.717) is 13.2 Å². The van der Waals surface area contributed by atoms with Gasteiger partial charge in [-0.1, -0.05) is 22.9 Å². The summed E-state index contributed by atoms with van der Waals surface area (Å²) in [6, 6.07) is 6.12. The van der Waals surface area contributed by atoms with Crippen LogP contribution in [0.4, 0.5) is 0 Å². The van der Waals surface area contributed by atoms with E-state index in [1.807, 2.05) is 25.1 Å². The van der Waals surface area contributed by atoms with Crippen LogP contribution in [0.25, 0.3) is 0 Å². The Balaban J connectivity index is 2.70. The Morgan fingerprint density at radius 2 is 2.18 bits per heavy atom. The molecule has 0 heterocycles. The van der Waals surface area contributed by atoms with Gasteiger partial charge >= 0.3 is 0 Å². The molecule has 1 aromatic rings. The molecular weight excluding hydrogens is 282 g/mol. The minimum atomic E-state index is 0.142. The van der Waals surface area contributed by atoms with Gasteiger partial charge in [0, 0.05) is 22.6 Å². The predicted molar refractivity (Wildman–Crippen MR) is 73.3 cm³/mol. The molecule has 0 saturated carbocycles. The lowest BCUT2D eigenvalue weighted by atomic mass is 10.1. The molecule has 2 N–H and O–H groups in total. The van der Waals surface area contributed by atoms with Crippen LogP contribution in [-0.4, -0.2) is 24.4 Å². The zero-order valence-corrected chi connectivity index (χ0v) is 12.0. The summed E-state index contributed by atoms with van der Waals surface area (Å²) in [5.74, 6) is 0.899. The van der Waals surface area contributed by atoms with Gasteiger partial charge < -0.3 is 15.2 Å². The van der Waals surface area contributed by atoms with Crippen molar-refractivity contribution >= 4 is 15.9 Å². The first-order valence-corrected chi connectivity index (χ1v) is 6.76. The number of halogens is 1. The van der Waals surface area contributed by atoms with Gasteiger partial charge in [0.2, 0.25) is 0 Å². The number of ether oxygens (including phenoxy) is 1. The quantitative estimate of drug-likeness (QED) is 0.814. The van der Waals surface area contributed by atoms with Gasteiger partial charge in [-0.05, 0) is 31.5 Å². The average Bonchev–Trinajstić information content (AvgIpc) is 2.34. The van der Waals surface area contributed by atoms with E-state index in [-0.39, 0.29) is 12.6 Å². The standard InChI is InChI=1S/C13H20BrNO2/c1-3-12(9-16)15-8-10-7-11(14)5-6-13(10)17-4-2/h5-7,12,15-16H,3-4,8-9H2,1-2H3/t12-/m1/s1. The topological polar surface area (TPSA) is 41.5 Å². The lowest BCUT2D eigenvalue weighted by molar-refractivity contribution is 0.237. The van der Waals surface area contributed by atoms with E-state index in [0.717, 1.165) is 22.2 Å². The highest BCUT2D eigenvalue weighted by molar-refractivity contribution is 9.10. The molecule has 0 fully saturated rings. The molecule has 17 heavy (non-hydrogen) atoms. The molecule has 0 radical (unpaired) electrons. The van der Waals surface area contributed by atoms with Gasteiger partial charge in [0.25, 0.3) is 0 Å². The molecule has 0 aromatic heterocycles. The smallest absolute Gasteiger partial charge is 0.123 e. The van der Waals surface area contributed by atoms with Crippen LogP contribution in [0.3, 0.4) is 0 Å².